The van der Waals surface area contributed by atoms with Crippen molar-refractivity contribution < 1.29 is 23.8 Å². The molecular formula is C28H37N3O5. The smallest absolute Gasteiger partial charge is 0.264 e. The number of amides is 2. The third-order valence-electron chi connectivity index (χ3n) is 7.16. The lowest BCUT2D eigenvalue weighted by atomic mass is 9.99. The second-order valence-electron chi connectivity index (χ2n) is 9.07. The van der Waals surface area contributed by atoms with Crippen LogP contribution in [0.2, 0.25) is 0 Å². The molecular weight excluding hydrogens is 458 g/mol. The van der Waals surface area contributed by atoms with Crippen molar-refractivity contribution in [1.82, 2.24) is 9.80 Å². The molecule has 1 atom stereocenters. The lowest BCUT2D eigenvalue weighted by Crippen LogP contribution is -2.46. The number of carbonyl (C=O) groups is 2. The number of rotatable bonds is 11. The summed E-state index contributed by atoms with van der Waals surface area (Å²) in [5.41, 5.74) is 2.68. The fraction of sp³-hybridized carbons (Fsp3) is 0.500. The number of fused-ring (bicyclic) bond motifs is 1. The SMILES string of the molecule is CCOCCC[C@H](c1ccc(OC)c(OC)c1)N1C(=O)c2cccc(N3CCN(CC)CC3)c2C1=O. The summed E-state index contributed by atoms with van der Waals surface area (Å²) in [4.78, 5) is 33.7. The largest absolute Gasteiger partial charge is 0.493 e. The van der Waals surface area contributed by atoms with Crippen LogP contribution >= 0.6 is 0 Å². The summed E-state index contributed by atoms with van der Waals surface area (Å²) in [6.45, 7) is 9.88. The standard InChI is InChI=1S/C28H37N3O5/c1-5-29-14-16-30(17-15-29)23-10-7-9-21-26(23)28(33)31(27(21)32)22(11-8-18-36-6-2)20-12-13-24(34-3)25(19-20)35-4/h7,9-10,12-13,19,22H,5-6,8,11,14-18H2,1-4H3/t22-/m1/s1. The van der Waals surface area contributed by atoms with Crippen molar-refractivity contribution in [3.8, 4) is 11.5 Å². The lowest BCUT2D eigenvalue weighted by Gasteiger charge is -2.36. The zero-order valence-electron chi connectivity index (χ0n) is 21.8. The first-order valence-corrected chi connectivity index (χ1v) is 12.8. The number of anilines is 1. The molecule has 2 aliphatic rings. The van der Waals surface area contributed by atoms with Crippen molar-refractivity contribution in [1.29, 1.82) is 0 Å². The predicted molar refractivity (Wildman–Crippen MR) is 139 cm³/mol. The summed E-state index contributed by atoms with van der Waals surface area (Å²) >= 11 is 0. The molecule has 2 aliphatic heterocycles. The summed E-state index contributed by atoms with van der Waals surface area (Å²) < 4.78 is 16.5. The van der Waals surface area contributed by atoms with Gasteiger partial charge in [0, 0.05) is 39.4 Å². The van der Waals surface area contributed by atoms with Crippen molar-refractivity contribution in [3.63, 3.8) is 0 Å². The van der Waals surface area contributed by atoms with Crippen LogP contribution in [0.5, 0.6) is 11.5 Å². The summed E-state index contributed by atoms with van der Waals surface area (Å²) in [7, 11) is 3.17. The average molecular weight is 496 g/mol. The third-order valence-corrected chi connectivity index (χ3v) is 7.16. The van der Waals surface area contributed by atoms with E-state index in [2.05, 4.69) is 16.7 Å². The van der Waals surface area contributed by atoms with Crippen LogP contribution in [0.15, 0.2) is 36.4 Å². The molecule has 0 spiro atoms. The third kappa shape index (κ3) is 5.06. The van der Waals surface area contributed by atoms with E-state index in [0.29, 0.717) is 48.7 Å². The zero-order valence-corrected chi connectivity index (χ0v) is 21.8. The summed E-state index contributed by atoms with van der Waals surface area (Å²) in [6, 6.07) is 10.8. The van der Waals surface area contributed by atoms with Gasteiger partial charge in [-0.1, -0.05) is 19.1 Å². The van der Waals surface area contributed by atoms with Gasteiger partial charge in [-0.3, -0.25) is 14.5 Å². The highest BCUT2D eigenvalue weighted by Gasteiger charge is 2.43. The first-order valence-electron chi connectivity index (χ1n) is 12.8. The van der Waals surface area contributed by atoms with Gasteiger partial charge in [0.25, 0.3) is 11.8 Å². The maximum atomic E-state index is 14.0. The molecule has 2 amide bonds. The van der Waals surface area contributed by atoms with E-state index in [-0.39, 0.29) is 11.8 Å². The fourth-order valence-electron chi connectivity index (χ4n) is 5.17. The Bertz CT molecular complexity index is 1080. The molecule has 0 unspecified atom stereocenters. The molecule has 8 nitrogen and oxygen atoms in total. The quantitative estimate of drug-likeness (QED) is 0.345. The van der Waals surface area contributed by atoms with E-state index in [1.54, 1.807) is 20.3 Å². The molecule has 8 heteroatoms. The first-order chi connectivity index (χ1) is 17.5. The van der Waals surface area contributed by atoms with E-state index in [1.165, 1.54) is 4.90 Å². The molecule has 0 bridgehead atoms. The zero-order chi connectivity index (χ0) is 25.7. The second kappa shape index (κ2) is 11.8. The Balaban J connectivity index is 1.68. The number of methoxy groups -OCH3 is 2. The molecule has 0 radical (unpaired) electrons. The van der Waals surface area contributed by atoms with E-state index in [1.807, 2.05) is 37.3 Å². The fourth-order valence-corrected chi connectivity index (χ4v) is 5.17. The monoisotopic (exact) mass is 495 g/mol. The van der Waals surface area contributed by atoms with Gasteiger partial charge in [0.15, 0.2) is 11.5 Å². The van der Waals surface area contributed by atoms with Crippen LogP contribution in [-0.4, -0.2) is 81.8 Å². The van der Waals surface area contributed by atoms with Crippen LogP contribution in [0, 0.1) is 0 Å². The highest BCUT2D eigenvalue weighted by atomic mass is 16.5. The number of benzene rings is 2. The van der Waals surface area contributed by atoms with E-state index < -0.39 is 6.04 Å². The molecule has 2 aromatic rings. The molecule has 0 N–H and O–H groups in total. The van der Waals surface area contributed by atoms with Crippen molar-refractivity contribution in [2.24, 2.45) is 0 Å². The van der Waals surface area contributed by atoms with Gasteiger partial charge in [-0.15, -0.1) is 0 Å². The molecule has 0 aromatic heterocycles. The maximum absolute atomic E-state index is 14.0. The van der Waals surface area contributed by atoms with E-state index in [4.69, 9.17) is 14.2 Å². The lowest BCUT2D eigenvalue weighted by molar-refractivity contribution is 0.0558. The predicted octanol–water partition coefficient (Wildman–Crippen LogP) is 4.00. The van der Waals surface area contributed by atoms with Gasteiger partial charge >= 0.3 is 0 Å². The number of nitrogens with zero attached hydrogens (tertiary/aromatic N) is 3. The number of hydrogen-bond acceptors (Lipinski definition) is 7. The van der Waals surface area contributed by atoms with Gasteiger partial charge < -0.3 is 24.0 Å². The highest BCUT2D eigenvalue weighted by molar-refractivity contribution is 6.24. The van der Waals surface area contributed by atoms with Gasteiger partial charge in [0.2, 0.25) is 0 Å². The summed E-state index contributed by atoms with van der Waals surface area (Å²) in [5, 5.41) is 0. The molecule has 4 rings (SSSR count). The Morgan fingerprint density at radius 2 is 1.67 bits per heavy atom. The summed E-state index contributed by atoms with van der Waals surface area (Å²) in [6.07, 6.45) is 1.30. The number of likely N-dealkylation sites (N-methyl/N-ethyl adjacent to an activating group) is 1. The van der Waals surface area contributed by atoms with E-state index in [0.717, 1.165) is 44.0 Å². The van der Waals surface area contributed by atoms with Gasteiger partial charge in [-0.2, -0.15) is 0 Å². The molecule has 1 fully saturated rings. The van der Waals surface area contributed by atoms with Crippen molar-refractivity contribution in [2.45, 2.75) is 32.7 Å². The topological polar surface area (TPSA) is 71.6 Å². The summed E-state index contributed by atoms with van der Waals surface area (Å²) in [5.74, 6) is 0.682. The van der Waals surface area contributed by atoms with Crippen molar-refractivity contribution >= 4 is 17.5 Å². The molecule has 0 saturated carbocycles. The normalized spacial score (nSPS) is 16.9. The molecule has 194 valence electrons. The Morgan fingerprint density at radius 3 is 2.33 bits per heavy atom. The Hall–Kier alpha value is -3.10. The van der Waals surface area contributed by atoms with Crippen LogP contribution in [0.25, 0.3) is 0 Å². The molecule has 0 aliphatic carbocycles. The number of imide groups is 1. The molecule has 2 heterocycles. The Kier molecular flexibility index (Phi) is 8.48. The highest BCUT2D eigenvalue weighted by Crippen LogP contribution is 2.40. The van der Waals surface area contributed by atoms with Gasteiger partial charge in [0.1, 0.15) is 0 Å². The molecule has 2 aromatic carbocycles. The van der Waals surface area contributed by atoms with Gasteiger partial charge in [0.05, 0.1) is 37.1 Å². The number of carbonyl (C=O) groups excluding carboxylic acids is 2. The van der Waals surface area contributed by atoms with Gasteiger partial charge in [-0.05, 0) is 56.1 Å². The number of piperazine rings is 1. The number of hydrogen-bond donors (Lipinski definition) is 0. The minimum Gasteiger partial charge on any atom is -0.493 e. The minimum atomic E-state index is -0.442. The van der Waals surface area contributed by atoms with Crippen LogP contribution in [0.4, 0.5) is 5.69 Å². The first kappa shape index (κ1) is 26.0. The Labute approximate surface area is 213 Å². The van der Waals surface area contributed by atoms with Crippen LogP contribution in [0.1, 0.15) is 59.0 Å². The average Bonchev–Trinajstić information content (AvgIpc) is 3.18. The van der Waals surface area contributed by atoms with Crippen molar-refractivity contribution in [2.75, 3.05) is 65.1 Å². The van der Waals surface area contributed by atoms with Crippen LogP contribution < -0.4 is 14.4 Å². The van der Waals surface area contributed by atoms with E-state index in [9.17, 15) is 9.59 Å². The molecule has 36 heavy (non-hydrogen) atoms. The van der Waals surface area contributed by atoms with Crippen LogP contribution in [0.3, 0.4) is 0 Å². The second-order valence-corrected chi connectivity index (χ2v) is 9.07. The Morgan fingerprint density at radius 1 is 0.917 bits per heavy atom. The van der Waals surface area contributed by atoms with E-state index >= 15 is 0 Å². The van der Waals surface area contributed by atoms with Gasteiger partial charge in [-0.25, -0.2) is 0 Å². The maximum Gasteiger partial charge on any atom is 0.264 e. The molecule has 1 saturated heterocycles. The van der Waals surface area contributed by atoms with Crippen LogP contribution in [-0.2, 0) is 4.74 Å². The minimum absolute atomic E-state index is 0.236. The van der Waals surface area contributed by atoms with Crippen molar-refractivity contribution in [3.05, 3.63) is 53.1 Å². The number of ether oxygens (including phenoxy) is 3.